The molecule has 0 atom stereocenters. The van der Waals surface area contributed by atoms with Gasteiger partial charge in [-0.1, -0.05) is 23.2 Å². The van der Waals surface area contributed by atoms with E-state index in [1.165, 1.54) is 6.20 Å². The van der Waals surface area contributed by atoms with Crippen molar-refractivity contribution in [3.8, 4) is 5.75 Å². The second kappa shape index (κ2) is 6.41. The summed E-state index contributed by atoms with van der Waals surface area (Å²) in [7, 11) is 1.62. The third-order valence-electron chi connectivity index (χ3n) is 2.31. The summed E-state index contributed by atoms with van der Waals surface area (Å²) in [6, 6.07) is 9.09. The van der Waals surface area contributed by atoms with E-state index < -0.39 is 0 Å². The van der Waals surface area contributed by atoms with E-state index in [1.807, 2.05) is 24.3 Å². The first kappa shape index (κ1) is 13.6. The molecule has 1 aromatic heterocycles. The van der Waals surface area contributed by atoms with Gasteiger partial charge in [0.1, 0.15) is 5.75 Å². The highest BCUT2D eigenvalue weighted by atomic mass is 35.5. The Bertz CT molecular complexity index is 585. The van der Waals surface area contributed by atoms with E-state index in [1.54, 1.807) is 19.4 Å². The largest absolute Gasteiger partial charge is 0.497 e. The Morgan fingerprint density at radius 1 is 1.26 bits per heavy atom. The molecule has 0 unspecified atom stereocenters. The van der Waals surface area contributed by atoms with Crippen molar-refractivity contribution in [2.24, 2.45) is 5.10 Å². The Labute approximate surface area is 121 Å². The van der Waals surface area contributed by atoms with Gasteiger partial charge in [0, 0.05) is 6.20 Å². The average molecular weight is 296 g/mol. The predicted octanol–water partition coefficient (Wildman–Crippen LogP) is 3.84. The molecule has 1 N–H and O–H groups in total. The fraction of sp³-hybridized carbons (Fsp3) is 0.0769. The number of aromatic nitrogens is 1. The number of nitrogens with one attached hydrogen (secondary N) is 1. The molecule has 0 aliphatic carbocycles. The fourth-order valence-corrected chi connectivity index (χ4v) is 1.78. The maximum absolute atomic E-state index is 5.95. The Morgan fingerprint density at radius 3 is 2.63 bits per heavy atom. The molecule has 0 fully saturated rings. The van der Waals surface area contributed by atoms with Crippen LogP contribution in [0.4, 0.5) is 5.82 Å². The van der Waals surface area contributed by atoms with Crippen molar-refractivity contribution in [1.82, 2.24) is 4.98 Å². The van der Waals surface area contributed by atoms with Crippen LogP contribution < -0.4 is 10.2 Å². The number of hydrogen-bond acceptors (Lipinski definition) is 4. The summed E-state index contributed by atoms with van der Waals surface area (Å²) >= 11 is 11.7. The first-order valence-corrected chi connectivity index (χ1v) is 6.19. The van der Waals surface area contributed by atoms with Crippen LogP contribution in [0.15, 0.2) is 41.6 Å². The van der Waals surface area contributed by atoms with E-state index in [-0.39, 0.29) is 0 Å². The topological polar surface area (TPSA) is 46.5 Å². The molecular formula is C13H11Cl2N3O. The molecule has 2 aromatic rings. The second-order valence-corrected chi connectivity index (χ2v) is 4.47. The molecule has 0 spiro atoms. The van der Waals surface area contributed by atoms with Gasteiger partial charge in [-0.25, -0.2) is 4.98 Å². The SMILES string of the molecule is COc1ccc(C=NNc2ncc(Cl)cc2Cl)cc1. The molecule has 0 aliphatic rings. The number of ether oxygens (including phenoxy) is 1. The van der Waals surface area contributed by atoms with Gasteiger partial charge >= 0.3 is 0 Å². The summed E-state index contributed by atoms with van der Waals surface area (Å²) in [6.07, 6.45) is 3.16. The van der Waals surface area contributed by atoms with Gasteiger partial charge in [-0.05, 0) is 35.9 Å². The molecule has 98 valence electrons. The first-order chi connectivity index (χ1) is 9.19. The van der Waals surface area contributed by atoms with Gasteiger partial charge in [0.05, 0.1) is 23.4 Å². The van der Waals surface area contributed by atoms with E-state index in [2.05, 4.69) is 15.5 Å². The molecule has 0 aliphatic heterocycles. The summed E-state index contributed by atoms with van der Waals surface area (Å²) < 4.78 is 5.07. The molecule has 0 radical (unpaired) electrons. The molecule has 1 heterocycles. The van der Waals surface area contributed by atoms with Crippen LogP contribution in [0.2, 0.25) is 10.0 Å². The lowest BCUT2D eigenvalue weighted by molar-refractivity contribution is 0.415. The summed E-state index contributed by atoms with van der Waals surface area (Å²) in [5.41, 5.74) is 3.68. The highest BCUT2D eigenvalue weighted by Gasteiger charge is 2.00. The minimum absolute atomic E-state index is 0.416. The van der Waals surface area contributed by atoms with Crippen molar-refractivity contribution >= 4 is 35.2 Å². The van der Waals surface area contributed by atoms with E-state index in [4.69, 9.17) is 27.9 Å². The highest BCUT2D eigenvalue weighted by Crippen LogP contribution is 2.22. The van der Waals surface area contributed by atoms with Gasteiger partial charge in [-0.3, -0.25) is 5.43 Å². The predicted molar refractivity (Wildman–Crippen MR) is 78.5 cm³/mol. The van der Waals surface area contributed by atoms with E-state index in [0.29, 0.717) is 15.9 Å². The zero-order valence-corrected chi connectivity index (χ0v) is 11.6. The molecule has 1 aromatic carbocycles. The number of halogens is 2. The summed E-state index contributed by atoms with van der Waals surface area (Å²) in [5, 5.41) is 4.95. The van der Waals surface area contributed by atoms with Gasteiger partial charge in [-0.15, -0.1) is 0 Å². The van der Waals surface area contributed by atoms with Crippen LogP contribution in [0.3, 0.4) is 0 Å². The molecular weight excluding hydrogens is 285 g/mol. The average Bonchev–Trinajstić information content (AvgIpc) is 2.42. The number of nitrogens with zero attached hydrogens (tertiary/aromatic N) is 2. The second-order valence-electron chi connectivity index (χ2n) is 3.63. The maximum atomic E-state index is 5.95. The number of anilines is 1. The van der Waals surface area contributed by atoms with Crippen molar-refractivity contribution in [3.05, 3.63) is 52.1 Å². The molecule has 19 heavy (non-hydrogen) atoms. The Morgan fingerprint density at radius 2 is 2.00 bits per heavy atom. The van der Waals surface area contributed by atoms with Gasteiger partial charge in [0.25, 0.3) is 0 Å². The number of rotatable bonds is 4. The van der Waals surface area contributed by atoms with Crippen LogP contribution in [-0.2, 0) is 0 Å². The monoisotopic (exact) mass is 295 g/mol. The minimum Gasteiger partial charge on any atom is -0.497 e. The van der Waals surface area contributed by atoms with Crippen molar-refractivity contribution in [2.75, 3.05) is 12.5 Å². The Hall–Kier alpha value is -1.78. The summed E-state index contributed by atoms with van der Waals surface area (Å²) in [6.45, 7) is 0. The van der Waals surface area contributed by atoms with E-state index in [0.717, 1.165) is 11.3 Å². The van der Waals surface area contributed by atoms with Crippen molar-refractivity contribution in [1.29, 1.82) is 0 Å². The third kappa shape index (κ3) is 3.84. The third-order valence-corrected chi connectivity index (χ3v) is 2.80. The maximum Gasteiger partial charge on any atom is 0.165 e. The number of benzene rings is 1. The van der Waals surface area contributed by atoms with Gasteiger partial charge < -0.3 is 4.74 Å². The number of methoxy groups -OCH3 is 1. The molecule has 0 saturated carbocycles. The van der Waals surface area contributed by atoms with Crippen LogP contribution in [-0.4, -0.2) is 18.3 Å². The van der Waals surface area contributed by atoms with Gasteiger partial charge in [-0.2, -0.15) is 5.10 Å². The molecule has 0 saturated heterocycles. The van der Waals surface area contributed by atoms with Gasteiger partial charge in [0.2, 0.25) is 0 Å². The van der Waals surface area contributed by atoms with Gasteiger partial charge in [0.15, 0.2) is 5.82 Å². The number of hydrogen-bond donors (Lipinski definition) is 1. The van der Waals surface area contributed by atoms with Crippen LogP contribution in [0.25, 0.3) is 0 Å². The first-order valence-electron chi connectivity index (χ1n) is 5.43. The normalized spacial score (nSPS) is 10.7. The van der Waals surface area contributed by atoms with Crippen LogP contribution >= 0.6 is 23.2 Å². The fourth-order valence-electron chi connectivity index (χ4n) is 1.35. The van der Waals surface area contributed by atoms with Crippen LogP contribution in [0.1, 0.15) is 5.56 Å². The van der Waals surface area contributed by atoms with Crippen molar-refractivity contribution in [2.45, 2.75) is 0 Å². The van der Waals surface area contributed by atoms with E-state index in [9.17, 15) is 0 Å². The summed E-state index contributed by atoms with van der Waals surface area (Å²) in [4.78, 5) is 4.03. The zero-order chi connectivity index (χ0) is 13.7. The molecule has 0 amide bonds. The van der Waals surface area contributed by atoms with Crippen molar-refractivity contribution < 1.29 is 4.74 Å². The molecule has 6 heteroatoms. The lowest BCUT2D eigenvalue weighted by Crippen LogP contribution is -1.94. The van der Waals surface area contributed by atoms with Crippen LogP contribution in [0.5, 0.6) is 5.75 Å². The molecule has 2 rings (SSSR count). The lowest BCUT2D eigenvalue weighted by atomic mass is 10.2. The standard InChI is InChI=1S/C13H11Cl2N3O/c1-19-11-4-2-9(3-5-11)7-17-18-13-12(15)6-10(14)8-16-13/h2-8H,1H3,(H,16,18). The molecule has 0 bridgehead atoms. The molecule has 4 nitrogen and oxygen atoms in total. The number of pyridine rings is 1. The minimum atomic E-state index is 0.416. The Kier molecular flexibility index (Phi) is 4.60. The van der Waals surface area contributed by atoms with Crippen molar-refractivity contribution in [3.63, 3.8) is 0 Å². The highest BCUT2D eigenvalue weighted by molar-refractivity contribution is 6.35. The summed E-state index contributed by atoms with van der Waals surface area (Å²) in [5.74, 6) is 1.25. The lowest BCUT2D eigenvalue weighted by Gasteiger charge is -2.02. The zero-order valence-electron chi connectivity index (χ0n) is 10.1. The smallest absolute Gasteiger partial charge is 0.165 e. The quantitative estimate of drug-likeness (QED) is 0.688. The van der Waals surface area contributed by atoms with E-state index >= 15 is 0 Å². The Balaban J connectivity index is 2.02. The van der Waals surface area contributed by atoms with Crippen LogP contribution in [0, 0.1) is 0 Å². The number of hydrazone groups is 1.